The molecule has 1 aromatic heterocycles. The summed E-state index contributed by atoms with van der Waals surface area (Å²) in [6, 6.07) is 23.9. The highest BCUT2D eigenvalue weighted by molar-refractivity contribution is 8.19. The normalized spacial score (nSPS) is 14.8. The highest BCUT2D eigenvalue weighted by Crippen LogP contribution is 2.37. The minimum atomic E-state index is -0.389. The fourth-order valence-corrected chi connectivity index (χ4v) is 4.91. The number of carbonyl (C=O) groups excluding carboxylic acids is 3. The number of imide groups is 1. The summed E-state index contributed by atoms with van der Waals surface area (Å²) >= 11 is 6.83. The lowest BCUT2D eigenvalue weighted by Crippen LogP contribution is -2.27. The van der Waals surface area contributed by atoms with Crippen LogP contribution in [0.2, 0.25) is 5.02 Å². The summed E-state index contributed by atoms with van der Waals surface area (Å²) in [5, 5.41) is 3.99. The molecule has 0 saturated carbocycles. The van der Waals surface area contributed by atoms with Crippen LogP contribution in [0, 0.1) is 0 Å². The lowest BCUT2D eigenvalue weighted by molar-refractivity contribution is -0.121. The van der Waals surface area contributed by atoms with E-state index in [1.54, 1.807) is 30.3 Å². The Balaban J connectivity index is 1.39. The first kappa shape index (κ1) is 23.0. The minimum Gasteiger partial charge on any atom is -0.350 e. The third-order valence-corrected chi connectivity index (χ3v) is 6.75. The molecule has 0 unspecified atom stereocenters. The third kappa shape index (κ3) is 4.87. The van der Waals surface area contributed by atoms with E-state index in [2.05, 4.69) is 5.32 Å². The number of benzene rings is 3. The van der Waals surface area contributed by atoms with Gasteiger partial charge in [-0.1, -0.05) is 60.1 Å². The predicted molar refractivity (Wildman–Crippen MR) is 140 cm³/mol. The number of carbonyl (C=O) groups is 3. The van der Waals surface area contributed by atoms with Crippen LogP contribution in [0.25, 0.3) is 17.0 Å². The molecule has 6 nitrogen and oxygen atoms in total. The van der Waals surface area contributed by atoms with E-state index in [0.717, 1.165) is 38.7 Å². The van der Waals surface area contributed by atoms with Gasteiger partial charge in [-0.2, -0.15) is 0 Å². The zero-order chi connectivity index (χ0) is 24.4. The number of nitrogens with zero attached hydrogens (tertiary/aromatic N) is 2. The largest absolute Gasteiger partial charge is 0.350 e. The van der Waals surface area contributed by atoms with Crippen LogP contribution in [0.15, 0.2) is 90.0 Å². The average molecular weight is 502 g/mol. The molecule has 35 heavy (non-hydrogen) atoms. The Kier molecular flexibility index (Phi) is 6.44. The quantitative estimate of drug-likeness (QED) is 0.336. The van der Waals surface area contributed by atoms with Gasteiger partial charge in [0, 0.05) is 34.2 Å². The van der Waals surface area contributed by atoms with Crippen LogP contribution in [0.1, 0.15) is 11.1 Å². The van der Waals surface area contributed by atoms with Gasteiger partial charge in [0.25, 0.3) is 11.1 Å². The van der Waals surface area contributed by atoms with Crippen LogP contribution >= 0.6 is 23.4 Å². The molecule has 0 aliphatic carbocycles. The Labute approximate surface area is 211 Å². The number of fused-ring (bicyclic) bond motifs is 1. The summed E-state index contributed by atoms with van der Waals surface area (Å²) in [5.74, 6) is -0.510. The summed E-state index contributed by atoms with van der Waals surface area (Å²) in [4.78, 5) is 39.8. The average Bonchev–Trinajstić information content (AvgIpc) is 3.35. The number of anilines is 1. The summed E-state index contributed by atoms with van der Waals surface area (Å²) in [5.41, 5.74) is 3.12. The summed E-state index contributed by atoms with van der Waals surface area (Å²) in [6.07, 6.45) is 3.55. The molecule has 8 heteroatoms. The molecule has 4 aromatic rings. The monoisotopic (exact) mass is 501 g/mol. The summed E-state index contributed by atoms with van der Waals surface area (Å²) in [6.45, 7) is 0.580. The maximum atomic E-state index is 13.1. The molecule has 2 heterocycles. The first-order valence-corrected chi connectivity index (χ1v) is 12.1. The second kappa shape index (κ2) is 9.82. The highest BCUT2D eigenvalue weighted by Gasteiger charge is 2.36. The van der Waals surface area contributed by atoms with Crippen molar-refractivity contribution in [3.63, 3.8) is 0 Å². The van der Waals surface area contributed by atoms with Gasteiger partial charge in [-0.15, -0.1) is 0 Å². The number of hydrogen-bond donors (Lipinski definition) is 1. The van der Waals surface area contributed by atoms with Crippen LogP contribution in [0.5, 0.6) is 0 Å². The van der Waals surface area contributed by atoms with Crippen molar-refractivity contribution < 1.29 is 14.4 Å². The Bertz CT molecular complexity index is 1460. The summed E-state index contributed by atoms with van der Waals surface area (Å²) in [7, 11) is 0. The molecule has 1 fully saturated rings. The van der Waals surface area contributed by atoms with Crippen molar-refractivity contribution >= 4 is 63.1 Å². The van der Waals surface area contributed by atoms with Gasteiger partial charge >= 0.3 is 0 Å². The lowest BCUT2D eigenvalue weighted by Gasteiger charge is -2.12. The zero-order valence-electron chi connectivity index (χ0n) is 18.5. The molecule has 0 spiro atoms. The number of rotatable bonds is 6. The maximum Gasteiger partial charge on any atom is 0.298 e. The molecule has 1 N–H and O–H groups in total. The van der Waals surface area contributed by atoms with Gasteiger partial charge in [0.1, 0.15) is 6.54 Å². The van der Waals surface area contributed by atoms with Gasteiger partial charge in [0.2, 0.25) is 5.91 Å². The molecule has 5 rings (SSSR count). The van der Waals surface area contributed by atoms with Crippen molar-refractivity contribution in [2.45, 2.75) is 13.1 Å². The second-order valence-corrected chi connectivity index (χ2v) is 9.41. The first-order chi connectivity index (χ1) is 17.0. The van der Waals surface area contributed by atoms with Crippen molar-refractivity contribution in [3.05, 3.63) is 106 Å². The van der Waals surface area contributed by atoms with Gasteiger partial charge in [0.05, 0.1) is 10.6 Å². The Morgan fingerprint density at radius 2 is 1.66 bits per heavy atom. The Morgan fingerprint density at radius 1 is 0.943 bits per heavy atom. The van der Waals surface area contributed by atoms with Crippen LogP contribution in [-0.4, -0.2) is 21.6 Å². The van der Waals surface area contributed by atoms with Gasteiger partial charge in [-0.3, -0.25) is 14.4 Å². The summed E-state index contributed by atoms with van der Waals surface area (Å²) < 4.78 is 1.85. The smallest absolute Gasteiger partial charge is 0.298 e. The fraction of sp³-hybridized carbons (Fsp3) is 0.0741. The molecular formula is C27H20ClN3O3S. The third-order valence-electron chi connectivity index (χ3n) is 5.63. The van der Waals surface area contributed by atoms with Crippen molar-refractivity contribution in [2.24, 2.45) is 0 Å². The number of halogens is 1. The predicted octanol–water partition coefficient (Wildman–Crippen LogP) is 5.85. The zero-order valence-corrected chi connectivity index (χ0v) is 20.1. The second-order valence-electron chi connectivity index (χ2n) is 7.99. The van der Waals surface area contributed by atoms with Crippen molar-refractivity contribution in [1.82, 2.24) is 9.88 Å². The molecule has 1 aliphatic rings. The van der Waals surface area contributed by atoms with Crippen LogP contribution < -0.4 is 10.2 Å². The van der Waals surface area contributed by atoms with Crippen LogP contribution in [-0.2, 0) is 22.7 Å². The molecule has 3 aromatic carbocycles. The molecule has 0 bridgehead atoms. The lowest BCUT2D eigenvalue weighted by atomic mass is 10.1. The van der Waals surface area contributed by atoms with Gasteiger partial charge in [-0.05, 0) is 53.7 Å². The van der Waals surface area contributed by atoms with E-state index < -0.39 is 0 Å². The maximum absolute atomic E-state index is 13.1. The molecule has 174 valence electrons. The van der Waals surface area contributed by atoms with Gasteiger partial charge < -0.3 is 9.88 Å². The van der Waals surface area contributed by atoms with E-state index >= 15 is 0 Å². The van der Waals surface area contributed by atoms with Crippen molar-refractivity contribution in [1.29, 1.82) is 0 Å². The first-order valence-electron chi connectivity index (χ1n) is 10.9. The Hall–Kier alpha value is -3.81. The van der Waals surface area contributed by atoms with E-state index in [1.165, 1.54) is 0 Å². The van der Waals surface area contributed by atoms with Crippen LogP contribution in [0.3, 0.4) is 0 Å². The van der Waals surface area contributed by atoms with Gasteiger partial charge in [-0.25, -0.2) is 4.90 Å². The standard InChI is InChI=1S/C27H20ClN3O3S/c28-20-10-12-21(13-11-20)31-26(33)24(35-27(31)34)14-19-16-30(23-9-5-4-8-22(19)23)17-25(32)29-15-18-6-2-1-3-7-18/h1-14,16H,15,17H2,(H,29,32)/b24-14-. The molecule has 3 amide bonds. The molecule has 1 aliphatic heterocycles. The number of hydrogen-bond acceptors (Lipinski definition) is 4. The molecule has 0 radical (unpaired) electrons. The molecule has 1 saturated heterocycles. The topological polar surface area (TPSA) is 71.4 Å². The van der Waals surface area contributed by atoms with Crippen molar-refractivity contribution in [3.8, 4) is 0 Å². The number of aromatic nitrogens is 1. The molecular weight excluding hydrogens is 482 g/mol. The van der Waals surface area contributed by atoms with Crippen molar-refractivity contribution in [2.75, 3.05) is 4.90 Å². The number of amides is 3. The van der Waals surface area contributed by atoms with E-state index in [9.17, 15) is 14.4 Å². The molecule has 0 atom stereocenters. The number of para-hydroxylation sites is 1. The van der Waals surface area contributed by atoms with E-state index in [4.69, 9.17) is 11.6 Å². The number of nitrogens with one attached hydrogen (secondary N) is 1. The van der Waals surface area contributed by atoms with E-state index in [0.29, 0.717) is 22.2 Å². The highest BCUT2D eigenvalue weighted by atomic mass is 35.5. The van der Waals surface area contributed by atoms with Gasteiger partial charge in [0.15, 0.2) is 0 Å². The number of thioether (sulfide) groups is 1. The van der Waals surface area contributed by atoms with E-state index in [-0.39, 0.29) is 23.6 Å². The van der Waals surface area contributed by atoms with Crippen LogP contribution in [0.4, 0.5) is 10.5 Å². The Morgan fingerprint density at radius 3 is 2.43 bits per heavy atom. The SMILES string of the molecule is O=C(Cn1cc(/C=C2\SC(=O)N(c3ccc(Cl)cc3)C2=O)c2ccccc21)NCc1ccccc1. The van der Waals surface area contributed by atoms with E-state index in [1.807, 2.05) is 65.4 Å². The fourth-order valence-electron chi connectivity index (χ4n) is 3.95. The minimum absolute atomic E-state index is 0.121.